The third-order valence-corrected chi connectivity index (χ3v) is 5.91. The number of hydrogen-bond donors (Lipinski definition) is 1. The number of urea groups is 1. The lowest BCUT2D eigenvalue weighted by Gasteiger charge is -2.26. The molecular formula is C25H17BrN4O9. The Bertz CT molecular complexity index is 1560. The first-order valence-electron chi connectivity index (χ1n) is 11.1. The molecule has 0 bridgehead atoms. The number of imide groups is 2. The molecule has 3 aromatic rings. The van der Waals surface area contributed by atoms with Crippen LogP contribution in [0.1, 0.15) is 12.5 Å². The number of halogens is 1. The molecule has 0 saturated carbocycles. The largest absolute Gasteiger partial charge is 0.490 e. The van der Waals surface area contributed by atoms with Gasteiger partial charge >= 0.3 is 11.7 Å². The van der Waals surface area contributed by atoms with Gasteiger partial charge in [0.2, 0.25) is 5.75 Å². The van der Waals surface area contributed by atoms with Gasteiger partial charge in [0.1, 0.15) is 5.57 Å². The van der Waals surface area contributed by atoms with Gasteiger partial charge in [0.15, 0.2) is 11.5 Å². The lowest BCUT2D eigenvalue weighted by Crippen LogP contribution is -2.54. The molecular weight excluding hydrogens is 580 g/mol. The fourth-order valence-electron chi connectivity index (χ4n) is 3.63. The second-order valence-electron chi connectivity index (χ2n) is 7.82. The average molecular weight is 597 g/mol. The van der Waals surface area contributed by atoms with Crippen LogP contribution in [0.15, 0.2) is 70.7 Å². The van der Waals surface area contributed by atoms with E-state index in [1.54, 1.807) is 25.1 Å². The molecule has 1 saturated heterocycles. The second kappa shape index (κ2) is 11.1. The summed E-state index contributed by atoms with van der Waals surface area (Å²) in [5, 5.41) is 24.7. The van der Waals surface area contributed by atoms with Gasteiger partial charge in [0.05, 0.1) is 32.7 Å². The van der Waals surface area contributed by atoms with E-state index >= 15 is 0 Å². The Morgan fingerprint density at radius 3 is 2.33 bits per heavy atom. The molecule has 1 aliphatic heterocycles. The van der Waals surface area contributed by atoms with Crippen molar-refractivity contribution in [2.45, 2.75) is 6.92 Å². The van der Waals surface area contributed by atoms with Crippen LogP contribution in [0.5, 0.6) is 17.2 Å². The van der Waals surface area contributed by atoms with Gasteiger partial charge in [-0.15, -0.1) is 0 Å². The van der Waals surface area contributed by atoms with E-state index in [1.807, 2.05) is 0 Å². The van der Waals surface area contributed by atoms with E-state index in [0.717, 1.165) is 23.1 Å². The average Bonchev–Trinajstić information content (AvgIpc) is 2.89. The molecule has 13 nitrogen and oxygen atoms in total. The highest BCUT2D eigenvalue weighted by molar-refractivity contribution is 9.10. The number of carbonyl (C=O) groups is 3. The van der Waals surface area contributed by atoms with Gasteiger partial charge in [0, 0.05) is 6.07 Å². The fourth-order valence-corrected chi connectivity index (χ4v) is 4.17. The number of barbiturate groups is 1. The zero-order valence-corrected chi connectivity index (χ0v) is 21.5. The summed E-state index contributed by atoms with van der Waals surface area (Å²) >= 11 is 3.32. The van der Waals surface area contributed by atoms with Gasteiger partial charge in [-0.1, -0.05) is 18.2 Å². The van der Waals surface area contributed by atoms with Gasteiger partial charge in [-0.25, -0.2) is 9.69 Å². The number of non-ortho nitro benzene ring substituents is 1. The second-order valence-corrected chi connectivity index (χ2v) is 8.68. The van der Waals surface area contributed by atoms with Crippen LogP contribution in [0.2, 0.25) is 0 Å². The molecule has 0 radical (unpaired) electrons. The number of anilines is 1. The summed E-state index contributed by atoms with van der Waals surface area (Å²) in [5.41, 5.74) is -0.884. The highest BCUT2D eigenvalue weighted by Gasteiger charge is 2.37. The Balaban J connectivity index is 1.74. The number of nitro groups is 2. The van der Waals surface area contributed by atoms with Crippen LogP contribution in [-0.4, -0.2) is 34.3 Å². The van der Waals surface area contributed by atoms with Crippen molar-refractivity contribution in [3.8, 4) is 17.2 Å². The third kappa shape index (κ3) is 5.60. The quantitative estimate of drug-likeness (QED) is 0.160. The summed E-state index contributed by atoms with van der Waals surface area (Å²) in [6.07, 6.45) is 1.26. The highest BCUT2D eigenvalue weighted by Crippen LogP contribution is 2.43. The van der Waals surface area contributed by atoms with Gasteiger partial charge in [-0.3, -0.25) is 35.1 Å². The topological polar surface area (TPSA) is 171 Å². The molecule has 1 N–H and O–H groups in total. The van der Waals surface area contributed by atoms with Crippen LogP contribution in [0, 0.1) is 20.2 Å². The number of hydrogen-bond acceptors (Lipinski definition) is 9. The zero-order chi connectivity index (χ0) is 28.3. The summed E-state index contributed by atoms with van der Waals surface area (Å²) in [5.74, 6) is -1.92. The van der Waals surface area contributed by atoms with E-state index in [0.29, 0.717) is 5.56 Å². The SMILES string of the molecule is CCOc1cc(/C=C2\C(=O)NC(=O)N(c3ccccc3)C2=O)cc(Br)c1Oc1ccc([N+](=O)[O-])cc1[N+](=O)[O-]. The molecule has 0 atom stereocenters. The van der Waals surface area contributed by atoms with E-state index in [4.69, 9.17) is 9.47 Å². The van der Waals surface area contributed by atoms with Gasteiger partial charge in [-0.2, -0.15) is 0 Å². The van der Waals surface area contributed by atoms with Crippen LogP contribution < -0.4 is 19.7 Å². The van der Waals surface area contributed by atoms with E-state index in [9.17, 15) is 34.6 Å². The smallest absolute Gasteiger partial charge is 0.335 e. The highest BCUT2D eigenvalue weighted by atomic mass is 79.9. The van der Waals surface area contributed by atoms with Crippen molar-refractivity contribution in [3.63, 3.8) is 0 Å². The summed E-state index contributed by atoms with van der Waals surface area (Å²) in [7, 11) is 0. The third-order valence-electron chi connectivity index (χ3n) is 5.32. The molecule has 0 spiro atoms. The molecule has 3 aromatic carbocycles. The summed E-state index contributed by atoms with van der Waals surface area (Å²) in [6, 6.07) is 13.0. The number of nitro benzene ring substituents is 2. The van der Waals surface area contributed by atoms with E-state index in [-0.39, 0.29) is 39.6 Å². The van der Waals surface area contributed by atoms with Gasteiger partial charge in [-0.05, 0) is 64.8 Å². The number of carbonyl (C=O) groups excluding carboxylic acids is 3. The number of nitrogens with one attached hydrogen (secondary N) is 1. The lowest BCUT2D eigenvalue weighted by atomic mass is 10.1. The number of benzene rings is 3. The van der Waals surface area contributed by atoms with Crippen LogP contribution in [0.4, 0.5) is 21.9 Å². The summed E-state index contributed by atoms with van der Waals surface area (Å²) in [4.78, 5) is 59.9. The Labute approximate surface area is 228 Å². The standard InChI is InChI=1S/C25H17BrN4O9/c1-2-38-21-12-14(10-17-23(31)27-25(33)28(24(17)32)15-6-4-3-5-7-15)11-18(26)22(21)39-20-9-8-16(29(34)35)13-19(20)30(36)37/h3-13H,2H2,1H3,(H,27,31,33)/b17-10+. The summed E-state index contributed by atoms with van der Waals surface area (Å²) in [6.45, 7) is 1.83. The van der Waals surface area contributed by atoms with E-state index in [2.05, 4.69) is 21.2 Å². The molecule has 4 amide bonds. The lowest BCUT2D eigenvalue weighted by molar-refractivity contribution is -0.394. The Morgan fingerprint density at radius 2 is 1.69 bits per heavy atom. The number of rotatable bonds is 8. The van der Waals surface area contributed by atoms with Crippen LogP contribution in [0.25, 0.3) is 6.08 Å². The van der Waals surface area contributed by atoms with Crippen molar-refractivity contribution in [2.24, 2.45) is 0 Å². The Kier molecular flexibility index (Phi) is 7.67. The molecule has 1 aliphatic rings. The molecule has 0 aromatic heterocycles. The molecule has 0 unspecified atom stereocenters. The minimum Gasteiger partial charge on any atom is -0.490 e. The van der Waals surface area contributed by atoms with Crippen molar-refractivity contribution in [3.05, 3.63) is 96.5 Å². The normalized spacial score (nSPS) is 14.3. The number of para-hydroxylation sites is 1. The van der Waals surface area contributed by atoms with Gasteiger partial charge < -0.3 is 9.47 Å². The van der Waals surface area contributed by atoms with E-state index < -0.39 is 39.1 Å². The first kappa shape index (κ1) is 26.9. The molecule has 1 fully saturated rings. The van der Waals surface area contributed by atoms with Crippen molar-refractivity contribution in [1.82, 2.24) is 5.32 Å². The van der Waals surface area contributed by atoms with Crippen molar-refractivity contribution in [2.75, 3.05) is 11.5 Å². The van der Waals surface area contributed by atoms with E-state index in [1.165, 1.54) is 30.3 Å². The minimum atomic E-state index is -0.895. The maximum absolute atomic E-state index is 13.1. The first-order valence-corrected chi connectivity index (χ1v) is 11.9. The number of ether oxygens (including phenoxy) is 2. The first-order chi connectivity index (χ1) is 18.6. The Hall–Kier alpha value is -5.11. The predicted octanol–water partition coefficient (Wildman–Crippen LogP) is 5.12. The fraction of sp³-hybridized carbons (Fsp3) is 0.0800. The molecule has 198 valence electrons. The van der Waals surface area contributed by atoms with Crippen molar-refractivity contribution < 1.29 is 33.7 Å². The van der Waals surface area contributed by atoms with Crippen LogP contribution in [-0.2, 0) is 9.59 Å². The molecule has 14 heteroatoms. The van der Waals surface area contributed by atoms with Crippen LogP contribution >= 0.6 is 15.9 Å². The molecule has 1 heterocycles. The molecule has 39 heavy (non-hydrogen) atoms. The predicted molar refractivity (Wildman–Crippen MR) is 141 cm³/mol. The molecule has 0 aliphatic carbocycles. The van der Waals surface area contributed by atoms with Crippen molar-refractivity contribution >= 4 is 56.9 Å². The summed E-state index contributed by atoms with van der Waals surface area (Å²) < 4.78 is 11.6. The van der Waals surface area contributed by atoms with Gasteiger partial charge in [0.25, 0.3) is 17.5 Å². The van der Waals surface area contributed by atoms with Crippen LogP contribution in [0.3, 0.4) is 0 Å². The number of nitrogens with zero attached hydrogens (tertiary/aromatic N) is 3. The van der Waals surface area contributed by atoms with Crippen molar-refractivity contribution in [1.29, 1.82) is 0 Å². The monoisotopic (exact) mass is 596 g/mol. The number of amides is 4. The zero-order valence-electron chi connectivity index (χ0n) is 20.0. The maximum atomic E-state index is 13.1. The molecule has 4 rings (SSSR count). The minimum absolute atomic E-state index is 0.0106. The Morgan fingerprint density at radius 1 is 0.974 bits per heavy atom. The maximum Gasteiger partial charge on any atom is 0.335 e.